The summed E-state index contributed by atoms with van der Waals surface area (Å²) in [5.74, 6) is 0.697. The van der Waals surface area contributed by atoms with E-state index in [0.717, 1.165) is 42.1 Å². The van der Waals surface area contributed by atoms with Crippen LogP contribution in [0.25, 0.3) is 23.0 Å². The van der Waals surface area contributed by atoms with Crippen molar-refractivity contribution < 1.29 is 9.53 Å². The van der Waals surface area contributed by atoms with Crippen LogP contribution in [0.15, 0.2) is 71.3 Å². The molecule has 35 heavy (non-hydrogen) atoms. The molecular formula is C28H30N4O2S. The normalized spacial score (nSPS) is 15.7. The topological polar surface area (TPSA) is 79.9 Å². The molecule has 2 heterocycles. The van der Waals surface area contributed by atoms with Crippen molar-refractivity contribution in [2.45, 2.75) is 43.6 Å². The van der Waals surface area contributed by atoms with E-state index in [-0.39, 0.29) is 11.7 Å². The van der Waals surface area contributed by atoms with E-state index in [4.69, 9.17) is 9.84 Å². The van der Waals surface area contributed by atoms with Gasteiger partial charge >= 0.3 is 0 Å². The minimum atomic E-state index is -0.399. The van der Waals surface area contributed by atoms with Crippen LogP contribution in [0.1, 0.15) is 38.2 Å². The quantitative estimate of drug-likeness (QED) is 0.174. The summed E-state index contributed by atoms with van der Waals surface area (Å²) < 4.78 is 7.35. The molecule has 1 saturated heterocycles. The van der Waals surface area contributed by atoms with E-state index in [1.54, 1.807) is 10.8 Å². The third kappa shape index (κ3) is 6.62. The lowest BCUT2D eigenvalue weighted by Gasteiger charge is -2.10. The summed E-state index contributed by atoms with van der Waals surface area (Å²) in [6.07, 6.45) is 7.79. The molecule has 1 amide bonds. The highest BCUT2D eigenvalue weighted by Crippen LogP contribution is 2.28. The van der Waals surface area contributed by atoms with Gasteiger partial charge in [-0.2, -0.15) is 10.4 Å². The second-order valence-electron chi connectivity index (χ2n) is 8.45. The molecule has 2 aromatic carbocycles. The highest BCUT2D eigenvalue weighted by atomic mass is 32.2. The number of para-hydroxylation sites is 1. The van der Waals surface area contributed by atoms with Crippen LogP contribution in [0.5, 0.6) is 0 Å². The molecule has 1 aliphatic heterocycles. The second-order valence-corrected chi connectivity index (χ2v) is 9.62. The molecule has 6 nitrogen and oxygen atoms in total. The van der Waals surface area contributed by atoms with Gasteiger partial charge in [0, 0.05) is 35.4 Å². The molecule has 0 aliphatic carbocycles. The number of nitrogens with zero attached hydrogens (tertiary/aromatic N) is 3. The molecule has 0 bridgehead atoms. The van der Waals surface area contributed by atoms with Crippen LogP contribution in [0.3, 0.4) is 0 Å². The Hall–Kier alpha value is -3.34. The fraction of sp³-hybridized carbons (Fsp3) is 0.321. The van der Waals surface area contributed by atoms with Gasteiger partial charge in [-0.05, 0) is 55.4 Å². The molecule has 0 radical (unpaired) electrons. The molecule has 1 aliphatic rings. The largest absolute Gasteiger partial charge is 0.376 e. The second kappa shape index (κ2) is 12.4. The molecule has 0 saturated carbocycles. The third-order valence-electron chi connectivity index (χ3n) is 5.84. The summed E-state index contributed by atoms with van der Waals surface area (Å²) in [6.45, 7) is 3.32. The molecule has 180 valence electrons. The Bertz CT molecular complexity index is 1190. The number of carbonyl (C=O) groups is 1. The molecular weight excluding hydrogens is 456 g/mol. The van der Waals surface area contributed by atoms with Crippen LogP contribution in [0.2, 0.25) is 0 Å². The number of thioether (sulfide) groups is 1. The number of nitrogens with one attached hydrogen (secondary N) is 1. The predicted octanol–water partition coefficient (Wildman–Crippen LogP) is 5.63. The molecule has 1 fully saturated rings. The van der Waals surface area contributed by atoms with Gasteiger partial charge in [-0.3, -0.25) is 4.79 Å². The number of nitriles is 1. The maximum absolute atomic E-state index is 12.7. The average Bonchev–Trinajstić information content (AvgIpc) is 3.57. The Morgan fingerprint density at radius 1 is 1.26 bits per heavy atom. The first kappa shape index (κ1) is 24.8. The van der Waals surface area contributed by atoms with Gasteiger partial charge in [0.05, 0.1) is 17.5 Å². The van der Waals surface area contributed by atoms with Gasteiger partial charge in [-0.25, -0.2) is 4.68 Å². The summed E-state index contributed by atoms with van der Waals surface area (Å²) >= 11 is 1.85. The van der Waals surface area contributed by atoms with Crippen molar-refractivity contribution in [2.75, 3.05) is 18.9 Å². The first-order valence-corrected chi connectivity index (χ1v) is 13.1. The molecule has 7 heteroatoms. The van der Waals surface area contributed by atoms with Crippen LogP contribution in [0.4, 0.5) is 0 Å². The van der Waals surface area contributed by atoms with Crippen LogP contribution in [-0.2, 0) is 9.53 Å². The number of carbonyl (C=O) groups excluding carboxylic acids is 1. The van der Waals surface area contributed by atoms with Crippen LogP contribution in [-0.4, -0.2) is 40.7 Å². The molecule has 0 spiro atoms. The Morgan fingerprint density at radius 3 is 2.74 bits per heavy atom. The number of hydrogen-bond acceptors (Lipinski definition) is 5. The van der Waals surface area contributed by atoms with Crippen molar-refractivity contribution in [3.8, 4) is 23.0 Å². The molecule has 3 aromatic rings. The summed E-state index contributed by atoms with van der Waals surface area (Å²) in [4.78, 5) is 14.0. The lowest BCUT2D eigenvalue weighted by atomic mass is 10.1. The van der Waals surface area contributed by atoms with Crippen molar-refractivity contribution >= 4 is 23.7 Å². The summed E-state index contributed by atoms with van der Waals surface area (Å²) in [5, 5.41) is 17.4. The number of hydrogen-bond donors (Lipinski definition) is 1. The van der Waals surface area contributed by atoms with E-state index in [1.165, 1.54) is 17.7 Å². The molecule has 1 aromatic heterocycles. The summed E-state index contributed by atoms with van der Waals surface area (Å²) in [5.41, 5.74) is 3.32. The minimum Gasteiger partial charge on any atom is -0.376 e. The lowest BCUT2D eigenvalue weighted by molar-refractivity contribution is -0.117. The highest BCUT2D eigenvalue weighted by Gasteiger charge is 2.19. The third-order valence-corrected chi connectivity index (χ3v) is 6.94. The van der Waals surface area contributed by atoms with Crippen LogP contribution >= 0.6 is 11.8 Å². The highest BCUT2D eigenvalue weighted by molar-refractivity contribution is 7.99. The van der Waals surface area contributed by atoms with E-state index < -0.39 is 5.91 Å². The van der Waals surface area contributed by atoms with Gasteiger partial charge in [0.25, 0.3) is 5.91 Å². The van der Waals surface area contributed by atoms with Gasteiger partial charge in [-0.1, -0.05) is 43.7 Å². The molecule has 1 N–H and O–H groups in total. The Morgan fingerprint density at radius 2 is 2.06 bits per heavy atom. The van der Waals surface area contributed by atoms with Crippen LogP contribution in [0, 0.1) is 11.3 Å². The van der Waals surface area contributed by atoms with Crippen molar-refractivity contribution in [1.29, 1.82) is 5.26 Å². The zero-order valence-corrected chi connectivity index (χ0v) is 20.8. The lowest BCUT2D eigenvalue weighted by Crippen LogP contribution is -2.32. The molecule has 4 rings (SSSR count). The number of unbranched alkanes of at least 4 members (excludes halogenated alkanes) is 1. The number of rotatable bonds is 10. The van der Waals surface area contributed by atoms with E-state index in [1.807, 2.05) is 60.4 Å². The fourth-order valence-corrected chi connectivity index (χ4v) is 4.88. The Kier molecular flexibility index (Phi) is 8.77. The smallest absolute Gasteiger partial charge is 0.262 e. The average molecular weight is 487 g/mol. The minimum absolute atomic E-state index is 0.0176. The first-order chi connectivity index (χ1) is 17.2. The van der Waals surface area contributed by atoms with Crippen LogP contribution < -0.4 is 5.32 Å². The first-order valence-electron chi connectivity index (χ1n) is 12.1. The van der Waals surface area contributed by atoms with Gasteiger partial charge in [0.1, 0.15) is 11.6 Å². The van der Waals surface area contributed by atoms with Gasteiger partial charge in [0.15, 0.2) is 0 Å². The molecule has 1 atom stereocenters. The van der Waals surface area contributed by atoms with E-state index >= 15 is 0 Å². The zero-order chi connectivity index (χ0) is 24.5. The van der Waals surface area contributed by atoms with Crippen molar-refractivity contribution in [3.05, 3.63) is 71.9 Å². The van der Waals surface area contributed by atoms with Gasteiger partial charge in [-0.15, -0.1) is 11.8 Å². The van der Waals surface area contributed by atoms with Gasteiger partial charge < -0.3 is 10.1 Å². The summed E-state index contributed by atoms with van der Waals surface area (Å²) in [7, 11) is 0. The van der Waals surface area contributed by atoms with E-state index in [0.29, 0.717) is 12.1 Å². The van der Waals surface area contributed by atoms with Crippen molar-refractivity contribution in [1.82, 2.24) is 15.1 Å². The van der Waals surface area contributed by atoms with E-state index in [9.17, 15) is 10.1 Å². The number of ether oxygens (including phenoxy) is 1. The Balaban J connectivity index is 1.62. The number of aromatic nitrogens is 2. The van der Waals surface area contributed by atoms with E-state index in [2.05, 4.69) is 30.4 Å². The monoisotopic (exact) mass is 486 g/mol. The SMILES string of the molecule is CCCCSc1ccc(-c2nn(-c3ccccc3)cc2/C=C(\C#N)C(=O)NCC2CCCO2)cc1. The maximum Gasteiger partial charge on any atom is 0.262 e. The molecule has 1 unspecified atom stereocenters. The summed E-state index contributed by atoms with van der Waals surface area (Å²) in [6, 6.07) is 20.2. The number of amides is 1. The predicted molar refractivity (Wildman–Crippen MR) is 140 cm³/mol. The Labute approximate surface area is 211 Å². The van der Waals surface area contributed by atoms with Crippen molar-refractivity contribution in [3.63, 3.8) is 0 Å². The maximum atomic E-state index is 12.7. The van der Waals surface area contributed by atoms with Crippen molar-refractivity contribution in [2.24, 2.45) is 0 Å². The number of benzene rings is 2. The van der Waals surface area contributed by atoms with Gasteiger partial charge in [0.2, 0.25) is 0 Å². The zero-order valence-electron chi connectivity index (χ0n) is 19.9. The fourth-order valence-electron chi connectivity index (χ4n) is 3.88. The standard InChI is InChI=1S/C28H30N4O2S/c1-2-3-16-35-26-13-11-21(12-14-26)27-23(20-32(31-27)24-8-5-4-6-9-24)17-22(18-29)28(33)30-19-25-10-7-15-34-25/h4-6,8-9,11-14,17,20,25H,2-3,7,10,15-16,19H2,1H3,(H,30,33)/b22-17+.